The van der Waals surface area contributed by atoms with Crippen LogP contribution in [-0.4, -0.2) is 34.8 Å². The van der Waals surface area contributed by atoms with E-state index in [1.54, 1.807) is 18.3 Å². The molecule has 2 aliphatic rings. The average molecular weight is 589 g/mol. The first-order valence-electron chi connectivity index (χ1n) is 13.5. The fourth-order valence-corrected chi connectivity index (χ4v) is 6.48. The number of hydrogen-bond donors (Lipinski definition) is 2. The molecule has 0 radical (unpaired) electrons. The highest BCUT2D eigenvalue weighted by atomic mass is 35.5. The van der Waals surface area contributed by atoms with E-state index >= 15 is 0 Å². The molecule has 2 N–H and O–H groups in total. The fraction of sp³-hybridized carbons (Fsp3) is 0.300. The summed E-state index contributed by atoms with van der Waals surface area (Å²) in [6.45, 7) is 0. The van der Waals surface area contributed by atoms with Gasteiger partial charge in [0.15, 0.2) is 0 Å². The maximum atomic E-state index is 15.0. The van der Waals surface area contributed by atoms with Gasteiger partial charge in [0.25, 0.3) is 0 Å². The zero-order chi connectivity index (χ0) is 29.2. The average Bonchev–Trinajstić information content (AvgIpc) is 3.28. The van der Waals surface area contributed by atoms with Crippen molar-refractivity contribution in [3.05, 3.63) is 81.3 Å². The molecule has 2 aliphatic carbocycles. The molecule has 4 aromatic heterocycles. The van der Waals surface area contributed by atoms with E-state index in [1.165, 1.54) is 12.3 Å². The Morgan fingerprint density at radius 2 is 2.00 bits per heavy atom. The largest absolute Gasteiger partial charge is 0.439 e. The highest BCUT2D eigenvalue weighted by molar-refractivity contribution is 6.30. The number of fused-ring (bicyclic) bond motifs is 1. The first-order valence-corrected chi connectivity index (χ1v) is 13.8. The minimum absolute atomic E-state index is 0.0728. The number of pyridine rings is 2. The van der Waals surface area contributed by atoms with Gasteiger partial charge in [-0.25, -0.2) is 23.5 Å². The number of hydrogen-bond acceptors (Lipinski definition) is 7. The molecule has 12 heteroatoms. The van der Waals surface area contributed by atoms with E-state index in [0.29, 0.717) is 27.3 Å². The Balaban J connectivity index is 1.48. The molecule has 0 saturated heterocycles. The van der Waals surface area contributed by atoms with Gasteiger partial charge >= 0.3 is 5.76 Å². The second-order valence-electron chi connectivity index (χ2n) is 11.0. The van der Waals surface area contributed by atoms with Crippen LogP contribution in [0.15, 0.2) is 52.0 Å². The van der Waals surface area contributed by atoms with Gasteiger partial charge in [0.05, 0.1) is 21.7 Å². The molecular weight excluding hydrogens is 566 g/mol. The molecule has 42 heavy (non-hydrogen) atoms. The number of halogens is 3. The summed E-state index contributed by atoms with van der Waals surface area (Å²) in [6, 6.07) is 6.26. The number of aliphatic hydroxyl groups excluding tert-OH is 1. The first kappa shape index (κ1) is 26.5. The van der Waals surface area contributed by atoms with Crippen molar-refractivity contribution in [1.29, 1.82) is 0 Å². The lowest BCUT2D eigenvalue weighted by molar-refractivity contribution is 0.196. The molecule has 1 spiro atoms. The Bertz CT molecular complexity index is 1950. The number of imidazole rings is 1. The van der Waals surface area contributed by atoms with Gasteiger partial charge in [0.1, 0.15) is 29.3 Å². The second-order valence-corrected chi connectivity index (χ2v) is 11.4. The number of nitrogens with zero attached hydrogens (tertiary/aromatic N) is 5. The van der Waals surface area contributed by atoms with Crippen LogP contribution in [0, 0.1) is 35.3 Å². The van der Waals surface area contributed by atoms with Crippen molar-refractivity contribution < 1.29 is 18.4 Å². The number of rotatable bonds is 5. The molecule has 2 atom stereocenters. The number of aromatic amines is 1. The molecule has 7 rings (SSSR count). The van der Waals surface area contributed by atoms with Crippen LogP contribution in [0.1, 0.15) is 55.6 Å². The number of aromatic nitrogens is 6. The molecule has 2 unspecified atom stereocenters. The Kier molecular flexibility index (Phi) is 6.22. The zero-order valence-corrected chi connectivity index (χ0v) is 22.8. The van der Waals surface area contributed by atoms with Crippen molar-refractivity contribution >= 4 is 22.6 Å². The molecule has 9 nitrogen and oxygen atoms in total. The van der Waals surface area contributed by atoms with Crippen molar-refractivity contribution in [1.82, 2.24) is 29.7 Å². The van der Waals surface area contributed by atoms with E-state index in [9.17, 15) is 18.7 Å². The van der Waals surface area contributed by atoms with Crippen molar-refractivity contribution in [2.75, 3.05) is 0 Å². The number of benzene rings is 1. The minimum atomic E-state index is -1.52. The van der Waals surface area contributed by atoms with Gasteiger partial charge in [-0.2, -0.15) is 0 Å². The van der Waals surface area contributed by atoms with Gasteiger partial charge in [-0.1, -0.05) is 22.8 Å². The lowest BCUT2D eigenvalue weighted by atomic mass is 9.79. The van der Waals surface area contributed by atoms with Gasteiger partial charge in [-0.3, -0.25) is 14.5 Å². The van der Waals surface area contributed by atoms with Crippen LogP contribution in [0.4, 0.5) is 8.78 Å². The zero-order valence-electron chi connectivity index (χ0n) is 22.0. The van der Waals surface area contributed by atoms with E-state index in [2.05, 4.69) is 21.0 Å². The van der Waals surface area contributed by atoms with Crippen LogP contribution in [0.25, 0.3) is 33.8 Å². The molecule has 0 aliphatic heterocycles. The lowest BCUT2D eigenvalue weighted by Crippen LogP contribution is -2.19. The summed E-state index contributed by atoms with van der Waals surface area (Å²) in [4.78, 5) is 28.1. The van der Waals surface area contributed by atoms with E-state index in [-0.39, 0.29) is 40.3 Å². The van der Waals surface area contributed by atoms with Crippen LogP contribution in [0.2, 0.25) is 5.02 Å². The summed E-state index contributed by atoms with van der Waals surface area (Å²) >= 11 is 6.31. The molecule has 1 aromatic carbocycles. The normalized spacial score (nSPS) is 22.4. The van der Waals surface area contributed by atoms with Crippen LogP contribution in [0.5, 0.6) is 0 Å². The highest BCUT2D eigenvalue weighted by Crippen LogP contribution is 2.66. The van der Waals surface area contributed by atoms with Crippen LogP contribution in [-0.2, 0) is 0 Å². The monoisotopic (exact) mass is 588 g/mol. The van der Waals surface area contributed by atoms with Crippen LogP contribution >= 0.6 is 11.6 Å². The SMILES string of the molecule is C#CC1CCC2(CC1)CC2n1c(C(O)c2ccc(F)cc2F)nc2cc(-c3noc(=O)[nH]3)nc(-c3cncc(Cl)c3)c21. The third kappa shape index (κ3) is 4.38. The molecule has 5 aromatic rings. The summed E-state index contributed by atoms with van der Waals surface area (Å²) in [5, 5.41) is 15.7. The third-order valence-electron chi connectivity index (χ3n) is 8.53. The summed E-state index contributed by atoms with van der Waals surface area (Å²) in [7, 11) is 0. The predicted octanol–water partition coefficient (Wildman–Crippen LogP) is 5.60. The highest BCUT2D eigenvalue weighted by Gasteiger charge is 2.57. The predicted molar refractivity (Wildman–Crippen MR) is 149 cm³/mol. The number of terminal acetylenes is 1. The molecule has 2 saturated carbocycles. The topological polar surface area (TPSA) is 123 Å². The fourth-order valence-electron chi connectivity index (χ4n) is 6.30. The summed E-state index contributed by atoms with van der Waals surface area (Å²) in [5.41, 5.74) is 2.03. The van der Waals surface area contributed by atoms with Gasteiger partial charge < -0.3 is 9.67 Å². The van der Waals surface area contributed by atoms with E-state index < -0.39 is 23.5 Å². The Morgan fingerprint density at radius 3 is 2.69 bits per heavy atom. The standard InChI is InChI=1S/C30H23ClF2N6O3/c1-2-15-5-7-30(8-6-15)12-23(30)39-25-21(36-28(39)26(40)19-4-3-18(32)10-20(19)33)11-22(27-37-29(41)42-38-27)35-24(25)16-9-17(31)14-34-13-16/h1,3-4,9-11,13-15,23,26,40H,5-8,12H2,(H,37,38,41). The molecule has 4 heterocycles. The van der Waals surface area contributed by atoms with E-state index in [1.807, 2.05) is 4.57 Å². The Hall–Kier alpha value is -4.40. The number of aliphatic hydroxyl groups is 1. The van der Waals surface area contributed by atoms with Crippen molar-refractivity contribution in [2.24, 2.45) is 11.3 Å². The van der Waals surface area contributed by atoms with Gasteiger partial charge in [-0.15, -0.1) is 12.3 Å². The van der Waals surface area contributed by atoms with E-state index in [0.717, 1.165) is 44.2 Å². The van der Waals surface area contributed by atoms with Crippen LogP contribution in [0.3, 0.4) is 0 Å². The third-order valence-corrected chi connectivity index (χ3v) is 8.74. The van der Waals surface area contributed by atoms with E-state index in [4.69, 9.17) is 32.5 Å². The van der Waals surface area contributed by atoms with Crippen LogP contribution < -0.4 is 5.76 Å². The first-order chi connectivity index (χ1) is 20.3. The quantitative estimate of drug-likeness (QED) is 0.256. The smallest absolute Gasteiger partial charge is 0.380 e. The van der Waals surface area contributed by atoms with Crippen molar-refractivity contribution in [3.63, 3.8) is 0 Å². The Labute approximate surface area is 242 Å². The van der Waals surface area contributed by atoms with Gasteiger partial charge in [0, 0.05) is 41.5 Å². The molecule has 0 amide bonds. The minimum Gasteiger partial charge on any atom is -0.380 e. The molecule has 2 fully saturated rings. The Morgan fingerprint density at radius 1 is 1.19 bits per heavy atom. The summed E-state index contributed by atoms with van der Waals surface area (Å²) in [5.74, 6) is 0.949. The number of H-pyrrole nitrogens is 1. The van der Waals surface area contributed by atoms with Crippen molar-refractivity contribution in [3.8, 4) is 35.1 Å². The van der Waals surface area contributed by atoms with Gasteiger partial charge in [-0.05, 0) is 55.7 Å². The summed E-state index contributed by atoms with van der Waals surface area (Å²) < 4.78 is 35.3. The lowest BCUT2D eigenvalue weighted by Gasteiger charge is -2.27. The second kappa shape index (κ2) is 9.86. The summed E-state index contributed by atoms with van der Waals surface area (Å²) in [6.07, 6.45) is 11.7. The maximum Gasteiger partial charge on any atom is 0.439 e. The molecular formula is C30H23ClF2N6O3. The van der Waals surface area contributed by atoms with Gasteiger partial charge in [0.2, 0.25) is 5.82 Å². The maximum absolute atomic E-state index is 15.0. The molecule has 0 bridgehead atoms. The van der Waals surface area contributed by atoms with Crippen molar-refractivity contribution in [2.45, 2.75) is 44.2 Å². The number of nitrogens with one attached hydrogen (secondary N) is 1. The molecule has 212 valence electrons.